The Morgan fingerprint density at radius 2 is 2.00 bits per heavy atom. The van der Waals surface area contributed by atoms with E-state index < -0.39 is 0 Å². The van der Waals surface area contributed by atoms with Gasteiger partial charge in [0.25, 0.3) is 0 Å². The molecular weight excluding hydrogens is 200 g/mol. The third-order valence-corrected chi connectivity index (χ3v) is 2.51. The van der Waals surface area contributed by atoms with Crippen LogP contribution in [0.2, 0.25) is 0 Å². The smallest absolute Gasteiger partial charge is 0.233 e. The number of hydrogen-bond acceptors (Lipinski definition) is 2. The predicted octanol–water partition coefficient (Wildman–Crippen LogP) is 1.52. The van der Waals surface area contributed by atoms with E-state index in [4.69, 9.17) is 0 Å². The van der Waals surface area contributed by atoms with Crippen LogP contribution in [0, 0.1) is 0 Å². The van der Waals surface area contributed by atoms with Gasteiger partial charge in [-0.2, -0.15) is 0 Å². The van der Waals surface area contributed by atoms with E-state index in [1.807, 2.05) is 25.1 Å². The van der Waals surface area contributed by atoms with Gasteiger partial charge in [-0.15, -0.1) is 0 Å². The van der Waals surface area contributed by atoms with Gasteiger partial charge in [0.2, 0.25) is 5.91 Å². The standard InChI is InChI=1S/C13H20N2O/c1-3-14-10-13(16)15-9-11(2)12-7-5-4-6-8-12/h4-8,11,14H,3,9-10H2,1-2H3,(H,15,16). The van der Waals surface area contributed by atoms with Crippen molar-refractivity contribution in [1.29, 1.82) is 0 Å². The zero-order valence-electron chi connectivity index (χ0n) is 9.99. The molecular formula is C13H20N2O. The van der Waals surface area contributed by atoms with Crippen LogP contribution in [0.5, 0.6) is 0 Å². The molecule has 1 unspecified atom stereocenters. The molecule has 0 aliphatic rings. The van der Waals surface area contributed by atoms with Crippen LogP contribution >= 0.6 is 0 Å². The van der Waals surface area contributed by atoms with Crippen LogP contribution in [-0.4, -0.2) is 25.5 Å². The number of carbonyl (C=O) groups excluding carboxylic acids is 1. The molecule has 3 heteroatoms. The molecule has 1 aromatic rings. The molecule has 0 aromatic heterocycles. The Hall–Kier alpha value is -1.35. The summed E-state index contributed by atoms with van der Waals surface area (Å²) in [5.74, 6) is 0.413. The lowest BCUT2D eigenvalue weighted by Crippen LogP contribution is -2.35. The largest absolute Gasteiger partial charge is 0.354 e. The van der Waals surface area contributed by atoms with Crippen molar-refractivity contribution in [2.24, 2.45) is 0 Å². The maximum Gasteiger partial charge on any atom is 0.233 e. The van der Waals surface area contributed by atoms with E-state index in [-0.39, 0.29) is 5.91 Å². The SMILES string of the molecule is CCNCC(=O)NCC(C)c1ccccc1. The van der Waals surface area contributed by atoms with Crippen molar-refractivity contribution in [3.63, 3.8) is 0 Å². The van der Waals surface area contributed by atoms with Gasteiger partial charge < -0.3 is 10.6 Å². The minimum atomic E-state index is 0.0598. The van der Waals surface area contributed by atoms with Gasteiger partial charge in [-0.25, -0.2) is 0 Å². The Morgan fingerprint density at radius 3 is 2.62 bits per heavy atom. The third-order valence-electron chi connectivity index (χ3n) is 2.51. The Morgan fingerprint density at radius 1 is 1.31 bits per heavy atom. The second kappa shape index (κ2) is 7.01. The van der Waals surface area contributed by atoms with Gasteiger partial charge in [-0.3, -0.25) is 4.79 Å². The molecule has 0 spiro atoms. The summed E-state index contributed by atoms with van der Waals surface area (Å²) in [6.07, 6.45) is 0. The zero-order valence-corrected chi connectivity index (χ0v) is 9.99. The van der Waals surface area contributed by atoms with E-state index in [2.05, 4.69) is 29.7 Å². The Balaban J connectivity index is 2.30. The molecule has 16 heavy (non-hydrogen) atoms. The summed E-state index contributed by atoms with van der Waals surface area (Å²) in [7, 11) is 0. The second-order valence-corrected chi connectivity index (χ2v) is 3.90. The molecule has 1 amide bonds. The van der Waals surface area contributed by atoms with Gasteiger partial charge in [0.05, 0.1) is 6.54 Å². The van der Waals surface area contributed by atoms with Crippen LogP contribution in [0.3, 0.4) is 0 Å². The highest BCUT2D eigenvalue weighted by molar-refractivity contribution is 5.78. The van der Waals surface area contributed by atoms with Gasteiger partial charge in [0.15, 0.2) is 0 Å². The summed E-state index contributed by atoms with van der Waals surface area (Å²) < 4.78 is 0. The highest BCUT2D eigenvalue weighted by Gasteiger charge is 2.06. The molecule has 0 fully saturated rings. The summed E-state index contributed by atoms with van der Waals surface area (Å²) >= 11 is 0. The van der Waals surface area contributed by atoms with Gasteiger partial charge in [-0.1, -0.05) is 44.2 Å². The summed E-state index contributed by atoms with van der Waals surface area (Å²) in [6.45, 7) is 6.01. The molecule has 1 aromatic carbocycles. The molecule has 0 saturated carbocycles. The minimum absolute atomic E-state index is 0.0598. The number of likely N-dealkylation sites (N-methyl/N-ethyl adjacent to an activating group) is 1. The molecule has 0 saturated heterocycles. The number of benzene rings is 1. The first-order chi connectivity index (χ1) is 7.74. The fourth-order valence-electron chi connectivity index (χ4n) is 1.47. The number of amides is 1. The van der Waals surface area contributed by atoms with E-state index >= 15 is 0 Å². The number of nitrogens with one attached hydrogen (secondary N) is 2. The van der Waals surface area contributed by atoms with Crippen molar-refractivity contribution in [1.82, 2.24) is 10.6 Å². The maximum atomic E-state index is 11.4. The van der Waals surface area contributed by atoms with Crippen LogP contribution < -0.4 is 10.6 Å². The average molecular weight is 220 g/mol. The molecule has 0 bridgehead atoms. The van der Waals surface area contributed by atoms with Crippen molar-refractivity contribution < 1.29 is 4.79 Å². The minimum Gasteiger partial charge on any atom is -0.354 e. The molecule has 88 valence electrons. The first kappa shape index (κ1) is 12.7. The molecule has 0 aliphatic carbocycles. The van der Waals surface area contributed by atoms with Gasteiger partial charge >= 0.3 is 0 Å². The van der Waals surface area contributed by atoms with Crippen molar-refractivity contribution in [2.75, 3.05) is 19.6 Å². The lowest BCUT2D eigenvalue weighted by atomic mass is 10.0. The molecule has 0 radical (unpaired) electrons. The molecule has 1 atom stereocenters. The zero-order chi connectivity index (χ0) is 11.8. The normalized spacial score (nSPS) is 12.1. The van der Waals surface area contributed by atoms with E-state index in [0.717, 1.165) is 6.54 Å². The number of hydrogen-bond donors (Lipinski definition) is 2. The van der Waals surface area contributed by atoms with Crippen LogP contribution in [0.1, 0.15) is 25.3 Å². The second-order valence-electron chi connectivity index (χ2n) is 3.90. The van der Waals surface area contributed by atoms with Crippen LogP contribution in [0.25, 0.3) is 0 Å². The Kier molecular flexibility index (Phi) is 5.57. The van der Waals surface area contributed by atoms with Gasteiger partial charge in [0, 0.05) is 6.54 Å². The predicted molar refractivity (Wildman–Crippen MR) is 66.4 cm³/mol. The van der Waals surface area contributed by atoms with Crippen molar-refractivity contribution >= 4 is 5.91 Å². The van der Waals surface area contributed by atoms with E-state index in [1.54, 1.807) is 0 Å². The first-order valence-corrected chi connectivity index (χ1v) is 5.76. The highest BCUT2D eigenvalue weighted by Crippen LogP contribution is 2.12. The molecule has 0 heterocycles. The van der Waals surface area contributed by atoms with Crippen molar-refractivity contribution in [2.45, 2.75) is 19.8 Å². The lowest BCUT2D eigenvalue weighted by molar-refractivity contribution is -0.120. The number of rotatable bonds is 6. The Labute approximate surface area is 97.2 Å². The van der Waals surface area contributed by atoms with Gasteiger partial charge in [-0.05, 0) is 18.0 Å². The summed E-state index contributed by atoms with van der Waals surface area (Å²) in [6, 6.07) is 10.2. The molecule has 2 N–H and O–H groups in total. The monoisotopic (exact) mass is 220 g/mol. The van der Waals surface area contributed by atoms with Crippen molar-refractivity contribution in [3.8, 4) is 0 Å². The maximum absolute atomic E-state index is 11.4. The molecule has 3 nitrogen and oxygen atoms in total. The van der Waals surface area contributed by atoms with Crippen LogP contribution in [0.4, 0.5) is 0 Å². The summed E-state index contributed by atoms with van der Waals surface area (Å²) in [4.78, 5) is 11.4. The lowest BCUT2D eigenvalue weighted by Gasteiger charge is -2.13. The average Bonchev–Trinajstić information content (AvgIpc) is 2.34. The van der Waals surface area contributed by atoms with E-state index in [9.17, 15) is 4.79 Å². The van der Waals surface area contributed by atoms with Crippen molar-refractivity contribution in [3.05, 3.63) is 35.9 Å². The molecule has 1 rings (SSSR count). The van der Waals surface area contributed by atoms with Crippen LogP contribution in [-0.2, 0) is 4.79 Å². The topological polar surface area (TPSA) is 41.1 Å². The first-order valence-electron chi connectivity index (χ1n) is 5.76. The molecule has 0 aliphatic heterocycles. The highest BCUT2D eigenvalue weighted by atomic mass is 16.1. The van der Waals surface area contributed by atoms with E-state index in [1.165, 1.54) is 5.56 Å². The van der Waals surface area contributed by atoms with E-state index in [0.29, 0.717) is 19.0 Å². The fourth-order valence-corrected chi connectivity index (χ4v) is 1.47. The quantitative estimate of drug-likeness (QED) is 0.763. The van der Waals surface area contributed by atoms with Crippen LogP contribution in [0.15, 0.2) is 30.3 Å². The summed E-state index contributed by atoms with van der Waals surface area (Å²) in [5.41, 5.74) is 1.26. The fraction of sp³-hybridized carbons (Fsp3) is 0.462. The Bertz CT molecular complexity index is 311. The number of carbonyl (C=O) groups is 1. The summed E-state index contributed by atoms with van der Waals surface area (Å²) in [5, 5.41) is 5.91. The third kappa shape index (κ3) is 4.45. The van der Waals surface area contributed by atoms with Gasteiger partial charge in [0.1, 0.15) is 0 Å².